The zero-order chi connectivity index (χ0) is 25.0. The van der Waals surface area contributed by atoms with E-state index in [4.69, 9.17) is 11.6 Å². The SMILES string of the molecule is CCCCCCCC(=O)N1CCN(c2cc(Cl)nc(SCC(=O)NCCN3CCCC3)n2)CC1C. The summed E-state index contributed by atoms with van der Waals surface area (Å²) in [6.07, 6.45) is 8.91. The summed E-state index contributed by atoms with van der Waals surface area (Å²) < 4.78 is 0. The van der Waals surface area contributed by atoms with Gasteiger partial charge in [0.2, 0.25) is 11.8 Å². The molecular formula is C25H41ClN6O2S. The number of amides is 2. The molecule has 0 spiro atoms. The summed E-state index contributed by atoms with van der Waals surface area (Å²) in [6.45, 7) is 10.2. The van der Waals surface area contributed by atoms with Crippen molar-refractivity contribution >= 4 is 41.0 Å². The van der Waals surface area contributed by atoms with E-state index in [2.05, 4.69) is 38.9 Å². The molecule has 2 fully saturated rings. The maximum Gasteiger partial charge on any atom is 0.230 e. The first-order chi connectivity index (χ1) is 17.0. The summed E-state index contributed by atoms with van der Waals surface area (Å²) in [4.78, 5) is 40.4. The fourth-order valence-corrected chi connectivity index (χ4v) is 5.62. The standard InChI is InChI=1S/C25H41ClN6O2S/c1-3-4-5-6-7-10-24(34)32-16-15-31(18-20(32)2)22-17-21(26)28-25(29-22)35-19-23(33)27-11-14-30-12-8-9-13-30/h17,20H,3-16,18-19H2,1-2H3,(H,27,33). The number of likely N-dealkylation sites (tertiary alicyclic amines) is 1. The number of piperazine rings is 1. The van der Waals surface area contributed by atoms with Crippen molar-refractivity contribution in [1.29, 1.82) is 0 Å². The molecule has 2 aliphatic heterocycles. The van der Waals surface area contributed by atoms with Crippen molar-refractivity contribution in [3.63, 3.8) is 0 Å². The van der Waals surface area contributed by atoms with Crippen molar-refractivity contribution in [2.45, 2.75) is 76.4 Å². The maximum absolute atomic E-state index is 12.7. The van der Waals surface area contributed by atoms with Gasteiger partial charge in [-0.05, 0) is 39.3 Å². The van der Waals surface area contributed by atoms with Gasteiger partial charge in [0, 0.05) is 51.3 Å². The summed E-state index contributed by atoms with van der Waals surface area (Å²) in [5, 5.41) is 3.85. The third-order valence-corrected chi connectivity index (χ3v) is 7.75. The third-order valence-electron chi connectivity index (χ3n) is 6.71. The van der Waals surface area contributed by atoms with E-state index in [1.165, 1.54) is 43.9 Å². The average molecular weight is 525 g/mol. The van der Waals surface area contributed by atoms with Gasteiger partial charge in [-0.25, -0.2) is 9.97 Å². The molecule has 196 valence electrons. The van der Waals surface area contributed by atoms with Crippen LogP contribution in [0.3, 0.4) is 0 Å². The van der Waals surface area contributed by atoms with E-state index < -0.39 is 0 Å². The minimum Gasteiger partial charge on any atom is -0.354 e. The van der Waals surface area contributed by atoms with E-state index in [0.717, 1.165) is 38.3 Å². The Hall–Kier alpha value is -1.58. The number of hydrogen-bond donors (Lipinski definition) is 1. The van der Waals surface area contributed by atoms with Gasteiger partial charge in [0.1, 0.15) is 11.0 Å². The van der Waals surface area contributed by atoms with Crippen LogP contribution in [0.1, 0.15) is 65.2 Å². The van der Waals surface area contributed by atoms with Crippen LogP contribution in [-0.4, -0.2) is 89.2 Å². The zero-order valence-electron chi connectivity index (χ0n) is 21.3. The summed E-state index contributed by atoms with van der Waals surface area (Å²) >= 11 is 7.59. The van der Waals surface area contributed by atoms with E-state index in [1.54, 1.807) is 6.07 Å². The van der Waals surface area contributed by atoms with Crippen LogP contribution in [0, 0.1) is 0 Å². The number of unbranched alkanes of at least 4 members (excludes halogenated alkanes) is 4. The number of aromatic nitrogens is 2. The predicted molar refractivity (Wildman–Crippen MR) is 143 cm³/mol. The van der Waals surface area contributed by atoms with Gasteiger partial charge in [0.15, 0.2) is 5.16 Å². The molecule has 1 N–H and O–H groups in total. The van der Waals surface area contributed by atoms with Gasteiger partial charge in [0.05, 0.1) is 5.75 Å². The molecule has 2 amide bonds. The van der Waals surface area contributed by atoms with Gasteiger partial charge < -0.3 is 20.0 Å². The Morgan fingerprint density at radius 3 is 2.63 bits per heavy atom. The average Bonchev–Trinajstić information content (AvgIpc) is 3.35. The molecule has 2 aliphatic rings. The van der Waals surface area contributed by atoms with Crippen molar-refractivity contribution < 1.29 is 9.59 Å². The number of rotatable bonds is 13. The van der Waals surface area contributed by atoms with Gasteiger partial charge >= 0.3 is 0 Å². The topological polar surface area (TPSA) is 81.7 Å². The number of carbonyl (C=O) groups excluding carboxylic acids is 2. The lowest BCUT2D eigenvalue weighted by Gasteiger charge is -2.40. The molecular weight excluding hydrogens is 484 g/mol. The van der Waals surface area contributed by atoms with E-state index >= 15 is 0 Å². The molecule has 1 aromatic rings. The number of nitrogens with zero attached hydrogens (tertiary/aromatic N) is 5. The molecule has 0 bridgehead atoms. The van der Waals surface area contributed by atoms with Crippen LogP contribution in [0.5, 0.6) is 0 Å². The third kappa shape index (κ3) is 9.42. The molecule has 3 heterocycles. The Morgan fingerprint density at radius 2 is 1.89 bits per heavy atom. The van der Waals surface area contributed by atoms with E-state index in [0.29, 0.717) is 42.9 Å². The first-order valence-electron chi connectivity index (χ1n) is 13.2. The number of carbonyl (C=O) groups is 2. The Bertz CT molecular complexity index is 823. The van der Waals surface area contributed by atoms with Crippen molar-refractivity contribution in [2.75, 3.05) is 56.5 Å². The molecule has 2 saturated heterocycles. The quantitative estimate of drug-likeness (QED) is 0.182. The fourth-order valence-electron chi connectivity index (χ4n) is 4.71. The molecule has 0 aliphatic carbocycles. The van der Waals surface area contributed by atoms with Gasteiger partial charge in [-0.15, -0.1) is 0 Å². The van der Waals surface area contributed by atoms with Gasteiger partial charge in [-0.2, -0.15) is 0 Å². The molecule has 1 aromatic heterocycles. The lowest BCUT2D eigenvalue weighted by atomic mass is 10.1. The monoisotopic (exact) mass is 524 g/mol. The lowest BCUT2D eigenvalue weighted by Crippen LogP contribution is -2.54. The van der Waals surface area contributed by atoms with Crippen molar-refractivity contribution in [1.82, 2.24) is 25.1 Å². The lowest BCUT2D eigenvalue weighted by molar-refractivity contribution is -0.133. The molecule has 0 radical (unpaired) electrons. The minimum absolute atomic E-state index is 0.0187. The van der Waals surface area contributed by atoms with Crippen LogP contribution in [-0.2, 0) is 9.59 Å². The highest BCUT2D eigenvalue weighted by Crippen LogP contribution is 2.24. The van der Waals surface area contributed by atoms with E-state index in [-0.39, 0.29) is 23.6 Å². The molecule has 35 heavy (non-hydrogen) atoms. The number of hydrogen-bond acceptors (Lipinski definition) is 7. The fraction of sp³-hybridized carbons (Fsp3) is 0.760. The molecule has 3 rings (SSSR count). The summed E-state index contributed by atoms with van der Waals surface area (Å²) in [6, 6.07) is 1.87. The molecule has 10 heteroatoms. The highest BCUT2D eigenvalue weighted by Gasteiger charge is 2.28. The largest absolute Gasteiger partial charge is 0.354 e. The predicted octanol–water partition coefficient (Wildman–Crippen LogP) is 3.83. The van der Waals surface area contributed by atoms with Crippen LogP contribution in [0.2, 0.25) is 5.15 Å². The van der Waals surface area contributed by atoms with Crippen molar-refractivity contribution in [2.24, 2.45) is 0 Å². The summed E-state index contributed by atoms with van der Waals surface area (Å²) in [7, 11) is 0. The second-order valence-electron chi connectivity index (χ2n) is 9.57. The first-order valence-corrected chi connectivity index (χ1v) is 14.5. The normalized spacial score (nSPS) is 18.8. The summed E-state index contributed by atoms with van der Waals surface area (Å²) in [5.74, 6) is 1.24. The second-order valence-corrected chi connectivity index (χ2v) is 10.9. The zero-order valence-corrected chi connectivity index (χ0v) is 22.9. The van der Waals surface area contributed by atoms with Crippen LogP contribution in [0.25, 0.3) is 0 Å². The maximum atomic E-state index is 12.7. The van der Waals surface area contributed by atoms with Crippen LogP contribution >= 0.6 is 23.4 Å². The van der Waals surface area contributed by atoms with Crippen molar-refractivity contribution in [3.05, 3.63) is 11.2 Å². The first kappa shape index (κ1) is 28.0. The van der Waals surface area contributed by atoms with E-state index in [1.807, 2.05) is 4.90 Å². The van der Waals surface area contributed by atoms with Crippen LogP contribution < -0.4 is 10.2 Å². The molecule has 1 unspecified atom stereocenters. The molecule has 8 nitrogen and oxygen atoms in total. The second kappa shape index (κ2) is 14.9. The molecule has 0 aromatic carbocycles. The summed E-state index contributed by atoms with van der Waals surface area (Å²) in [5.41, 5.74) is 0. The van der Waals surface area contributed by atoms with Crippen LogP contribution in [0.15, 0.2) is 11.2 Å². The highest BCUT2D eigenvalue weighted by molar-refractivity contribution is 7.99. The number of halogens is 1. The van der Waals surface area contributed by atoms with Gasteiger partial charge in [-0.3, -0.25) is 9.59 Å². The van der Waals surface area contributed by atoms with Crippen molar-refractivity contribution in [3.8, 4) is 0 Å². The molecule has 1 atom stereocenters. The number of thioether (sulfide) groups is 1. The Kier molecular flexibility index (Phi) is 11.9. The Balaban J connectivity index is 1.44. The van der Waals surface area contributed by atoms with Gasteiger partial charge in [-0.1, -0.05) is 56.0 Å². The smallest absolute Gasteiger partial charge is 0.230 e. The molecule has 0 saturated carbocycles. The number of nitrogens with one attached hydrogen (secondary N) is 1. The minimum atomic E-state index is -0.0187. The number of anilines is 1. The Labute approximate surface area is 219 Å². The highest BCUT2D eigenvalue weighted by atomic mass is 35.5. The van der Waals surface area contributed by atoms with Crippen LogP contribution in [0.4, 0.5) is 5.82 Å². The van der Waals surface area contributed by atoms with E-state index in [9.17, 15) is 9.59 Å². The van der Waals surface area contributed by atoms with Gasteiger partial charge in [0.25, 0.3) is 0 Å². The Morgan fingerprint density at radius 1 is 1.11 bits per heavy atom.